The molecule has 0 unspecified atom stereocenters. The van der Waals surface area contributed by atoms with Crippen molar-refractivity contribution in [1.82, 2.24) is 9.97 Å². The van der Waals surface area contributed by atoms with Crippen LogP contribution in [-0.2, 0) is 14.3 Å². The van der Waals surface area contributed by atoms with Gasteiger partial charge < -0.3 is 14.5 Å². The van der Waals surface area contributed by atoms with Gasteiger partial charge in [-0.25, -0.2) is 14.6 Å². The van der Waals surface area contributed by atoms with Gasteiger partial charge in [-0.1, -0.05) is 0 Å². The maximum Gasteiger partial charge on any atom is 0.338 e. The maximum atomic E-state index is 11.5. The fourth-order valence-corrected chi connectivity index (χ4v) is 1.67. The van der Waals surface area contributed by atoms with Gasteiger partial charge in [0.15, 0.2) is 0 Å². The van der Waals surface area contributed by atoms with Gasteiger partial charge in [0.25, 0.3) is 0 Å². The number of hydrogen-bond acceptors (Lipinski definition) is 7. The van der Waals surface area contributed by atoms with Crippen LogP contribution in [0.25, 0.3) is 6.08 Å². The molecule has 24 heavy (non-hydrogen) atoms. The summed E-state index contributed by atoms with van der Waals surface area (Å²) in [6, 6.07) is 6.52. The molecule has 0 aliphatic carbocycles. The number of carbonyl (C=O) groups excluding carboxylic acids is 2. The third-order valence-corrected chi connectivity index (χ3v) is 2.82. The fourth-order valence-electron chi connectivity index (χ4n) is 1.67. The first-order chi connectivity index (χ1) is 11.6. The number of H-pyrrole nitrogens is 1. The monoisotopic (exact) mass is 328 g/mol. The maximum absolute atomic E-state index is 11.5. The number of methoxy groups -OCH3 is 1. The molecule has 8 nitrogen and oxygen atoms in total. The summed E-state index contributed by atoms with van der Waals surface area (Å²) >= 11 is 0. The summed E-state index contributed by atoms with van der Waals surface area (Å²) in [7, 11) is 1.30. The molecule has 0 saturated carbocycles. The average Bonchev–Trinajstić information content (AvgIpc) is 3.06. The Morgan fingerprint density at radius 3 is 2.67 bits per heavy atom. The molecule has 1 heterocycles. The topological polar surface area (TPSA) is 106 Å². The van der Waals surface area contributed by atoms with E-state index >= 15 is 0 Å². The molecule has 2 aromatic rings. The van der Waals surface area contributed by atoms with Crippen LogP contribution in [0.2, 0.25) is 0 Å². The van der Waals surface area contributed by atoms with Crippen molar-refractivity contribution in [3.63, 3.8) is 0 Å². The summed E-state index contributed by atoms with van der Waals surface area (Å²) in [6.45, 7) is 2.07. The van der Waals surface area contributed by atoms with Gasteiger partial charge in [-0.05, 0) is 37.3 Å². The van der Waals surface area contributed by atoms with Crippen LogP contribution in [0, 0.1) is 0 Å². The summed E-state index contributed by atoms with van der Waals surface area (Å²) in [4.78, 5) is 29.4. The second-order valence-electron chi connectivity index (χ2n) is 4.49. The second-order valence-corrected chi connectivity index (χ2v) is 4.49. The van der Waals surface area contributed by atoms with Crippen LogP contribution in [0.4, 0.5) is 11.6 Å². The Labute approximate surface area is 138 Å². The summed E-state index contributed by atoms with van der Waals surface area (Å²) in [5, 5.41) is 7.96. The molecule has 1 aromatic carbocycles. The minimum atomic E-state index is -0.463. The third-order valence-electron chi connectivity index (χ3n) is 2.82. The van der Waals surface area contributed by atoms with Crippen LogP contribution < -0.4 is 0 Å². The number of hydrogen-bond donors (Lipinski definition) is 1. The van der Waals surface area contributed by atoms with Crippen LogP contribution in [0.15, 0.2) is 46.8 Å². The van der Waals surface area contributed by atoms with Crippen molar-refractivity contribution in [2.75, 3.05) is 13.7 Å². The molecule has 8 heteroatoms. The molecule has 1 aromatic heterocycles. The van der Waals surface area contributed by atoms with Gasteiger partial charge in [0.1, 0.15) is 0 Å². The van der Waals surface area contributed by atoms with Crippen molar-refractivity contribution in [2.24, 2.45) is 10.2 Å². The number of rotatable bonds is 6. The lowest BCUT2D eigenvalue weighted by molar-refractivity contribution is -0.134. The predicted octanol–water partition coefficient (Wildman–Crippen LogP) is 3.19. The number of aromatic nitrogens is 2. The van der Waals surface area contributed by atoms with Crippen molar-refractivity contribution in [3.05, 3.63) is 47.8 Å². The normalized spacial score (nSPS) is 11.1. The number of aromatic amines is 1. The Balaban J connectivity index is 2.01. The molecule has 1 N–H and O–H groups in total. The van der Waals surface area contributed by atoms with Crippen LogP contribution in [0.1, 0.15) is 23.0 Å². The summed E-state index contributed by atoms with van der Waals surface area (Å²) < 4.78 is 9.39. The lowest BCUT2D eigenvalue weighted by atomic mass is 10.2. The van der Waals surface area contributed by atoms with E-state index in [1.807, 2.05) is 0 Å². The zero-order chi connectivity index (χ0) is 17.4. The molecule has 0 fully saturated rings. The first-order valence-corrected chi connectivity index (χ1v) is 7.12. The quantitative estimate of drug-likeness (QED) is 0.498. The minimum absolute atomic E-state index is 0.286. The highest BCUT2D eigenvalue weighted by atomic mass is 16.5. The molecule has 0 bridgehead atoms. The lowest BCUT2D eigenvalue weighted by Gasteiger charge is -2.00. The largest absolute Gasteiger partial charge is 0.466 e. The lowest BCUT2D eigenvalue weighted by Crippen LogP contribution is -2.03. The second kappa shape index (κ2) is 8.37. The summed E-state index contributed by atoms with van der Waals surface area (Å²) in [5.74, 6) is -0.558. The molecule has 0 spiro atoms. The number of azo groups is 1. The smallest absolute Gasteiger partial charge is 0.338 e. The van der Waals surface area contributed by atoms with E-state index in [2.05, 4.69) is 24.9 Å². The number of ether oxygens (including phenoxy) is 2. The average molecular weight is 328 g/mol. The minimum Gasteiger partial charge on any atom is -0.466 e. The van der Waals surface area contributed by atoms with Gasteiger partial charge in [-0.15, -0.1) is 10.2 Å². The number of esters is 2. The molecular formula is C16H16N4O4. The Hall–Kier alpha value is -3.29. The highest BCUT2D eigenvalue weighted by Gasteiger charge is 2.05. The van der Waals surface area contributed by atoms with E-state index in [1.54, 1.807) is 31.2 Å². The SMILES string of the molecule is CCOC(=O)c1ccc(N=Nc2ncc(/C=C/C(=O)OC)[nH]2)cc1. The first-order valence-electron chi connectivity index (χ1n) is 7.12. The highest BCUT2D eigenvalue weighted by Crippen LogP contribution is 2.17. The Morgan fingerprint density at radius 1 is 1.25 bits per heavy atom. The van der Waals surface area contributed by atoms with Gasteiger partial charge in [-0.2, -0.15) is 0 Å². The van der Waals surface area contributed by atoms with Crippen molar-refractivity contribution in [2.45, 2.75) is 6.92 Å². The van der Waals surface area contributed by atoms with E-state index in [9.17, 15) is 9.59 Å². The van der Waals surface area contributed by atoms with Crippen molar-refractivity contribution < 1.29 is 19.1 Å². The Morgan fingerprint density at radius 2 is 2.00 bits per heavy atom. The zero-order valence-corrected chi connectivity index (χ0v) is 13.2. The van der Waals surface area contributed by atoms with Crippen LogP contribution in [0.3, 0.4) is 0 Å². The molecule has 0 atom stereocenters. The number of benzene rings is 1. The molecule has 2 rings (SSSR count). The molecule has 0 aliphatic heterocycles. The number of carbonyl (C=O) groups is 2. The summed E-state index contributed by atoms with van der Waals surface area (Å²) in [6.07, 6.45) is 4.30. The van der Waals surface area contributed by atoms with Crippen LogP contribution in [-0.4, -0.2) is 35.6 Å². The molecule has 0 aliphatic rings. The van der Waals surface area contributed by atoms with E-state index in [0.717, 1.165) is 0 Å². The number of imidazole rings is 1. The van der Waals surface area contributed by atoms with Gasteiger partial charge in [0, 0.05) is 6.08 Å². The first kappa shape index (κ1) is 17.1. The standard InChI is InChI=1S/C16H16N4O4/c1-3-24-15(22)11-4-6-12(7-5-11)19-20-16-17-10-13(18-16)8-9-14(21)23-2/h4-10H,3H2,1-2H3,(H,17,18)/b9-8+,20-19?. The van der Waals surface area contributed by atoms with Gasteiger partial charge in [0.05, 0.1) is 36.9 Å². The van der Waals surface area contributed by atoms with Gasteiger partial charge in [0.2, 0.25) is 5.95 Å². The molecular weight excluding hydrogens is 312 g/mol. The molecule has 0 saturated heterocycles. The number of nitrogens with one attached hydrogen (secondary N) is 1. The molecule has 124 valence electrons. The van der Waals surface area contributed by atoms with E-state index in [4.69, 9.17) is 4.74 Å². The zero-order valence-electron chi connectivity index (χ0n) is 13.2. The van der Waals surface area contributed by atoms with E-state index in [0.29, 0.717) is 23.6 Å². The van der Waals surface area contributed by atoms with E-state index in [-0.39, 0.29) is 11.9 Å². The predicted molar refractivity (Wildman–Crippen MR) is 86.2 cm³/mol. The fraction of sp³-hybridized carbons (Fsp3) is 0.188. The van der Waals surface area contributed by atoms with E-state index in [1.165, 1.54) is 25.5 Å². The third kappa shape index (κ3) is 4.87. The van der Waals surface area contributed by atoms with Crippen molar-refractivity contribution in [1.29, 1.82) is 0 Å². The Bertz CT molecular complexity index is 763. The number of nitrogens with zero attached hydrogens (tertiary/aromatic N) is 3. The Kier molecular flexibility index (Phi) is 5.95. The van der Waals surface area contributed by atoms with Gasteiger partial charge >= 0.3 is 11.9 Å². The molecule has 0 amide bonds. The van der Waals surface area contributed by atoms with E-state index < -0.39 is 5.97 Å². The van der Waals surface area contributed by atoms with Crippen molar-refractivity contribution >= 4 is 29.7 Å². The summed E-state index contributed by atoms with van der Waals surface area (Å²) in [5.41, 5.74) is 1.60. The molecule has 0 radical (unpaired) electrons. The van der Waals surface area contributed by atoms with Crippen LogP contribution >= 0.6 is 0 Å². The van der Waals surface area contributed by atoms with Crippen molar-refractivity contribution in [3.8, 4) is 0 Å². The highest BCUT2D eigenvalue weighted by molar-refractivity contribution is 5.89. The van der Waals surface area contributed by atoms with Crippen LogP contribution in [0.5, 0.6) is 0 Å². The van der Waals surface area contributed by atoms with Gasteiger partial charge in [-0.3, -0.25) is 0 Å².